The van der Waals surface area contributed by atoms with Gasteiger partial charge >= 0.3 is 0 Å². The molecule has 6 nitrogen and oxygen atoms in total. The average Bonchev–Trinajstić information content (AvgIpc) is 3.34. The van der Waals surface area contributed by atoms with Gasteiger partial charge in [-0.15, -0.1) is 11.3 Å². The van der Waals surface area contributed by atoms with Gasteiger partial charge in [0.15, 0.2) is 0 Å². The third kappa shape index (κ3) is 3.62. The second-order valence-corrected chi connectivity index (χ2v) is 6.72. The number of amides is 1. The summed E-state index contributed by atoms with van der Waals surface area (Å²) in [5, 5.41) is 9.87. The van der Waals surface area contributed by atoms with Crippen molar-refractivity contribution in [1.82, 2.24) is 15.1 Å². The normalized spacial score (nSPS) is 10.9. The Labute approximate surface area is 153 Å². The number of para-hydroxylation sites is 1. The molecule has 0 aliphatic heterocycles. The molecule has 0 saturated carbocycles. The van der Waals surface area contributed by atoms with Crippen molar-refractivity contribution in [1.29, 1.82) is 0 Å². The topological polar surface area (TPSA) is 80.9 Å². The summed E-state index contributed by atoms with van der Waals surface area (Å²) in [6.07, 6.45) is 3.30. The van der Waals surface area contributed by atoms with E-state index in [0.29, 0.717) is 31.0 Å². The maximum atomic E-state index is 12.2. The van der Waals surface area contributed by atoms with Crippen LogP contribution in [0.2, 0.25) is 0 Å². The third-order valence-electron chi connectivity index (χ3n) is 3.91. The van der Waals surface area contributed by atoms with Gasteiger partial charge in [0.1, 0.15) is 0 Å². The predicted octanol–water partition coefficient (Wildman–Crippen LogP) is 4.31. The summed E-state index contributed by atoms with van der Waals surface area (Å²) in [6, 6.07) is 13.5. The summed E-state index contributed by atoms with van der Waals surface area (Å²) < 4.78 is 5.25. The highest BCUT2D eigenvalue weighted by atomic mass is 32.1. The summed E-state index contributed by atoms with van der Waals surface area (Å²) in [5.41, 5.74) is 1.52. The van der Waals surface area contributed by atoms with Crippen molar-refractivity contribution < 1.29 is 9.32 Å². The number of anilines is 1. The Kier molecular flexibility index (Phi) is 4.70. The summed E-state index contributed by atoms with van der Waals surface area (Å²) in [4.78, 5) is 21.9. The van der Waals surface area contributed by atoms with Crippen molar-refractivity contribution in [2.45, 2.75) is 19.3 Å². The molecule has 1 aromatic carbocycles. The van der Waals surface area contributed by atoms with Crippen LogP contribution >= 0.6 is 11.3 Å². The maximum absolute atomic E-state index is 12.2. The number of aryl methyl sites for hydroxylation is 1. The number of nitrogens with one attached hydrogen (secondary N) is 1. The highest BCUT2D eigenvalue weighted by molar-refractivity contribution is 7.13. The minimum Gasteiger partial charge on any atom is -0.339 e. The van der Waals surface area contributed by atoms with Crippen LogP contribution in [0, 0.1) is 0 Å². The first kappa shape index (κ1) is 16.4. The molecule has 26 heavy (non-hydrogen) atoms. The van der Waals surface area contributed by atoms with Crippen LogP contribution in [0.15, 0.2) is 58.6 Å². The third-order valence-corrected chi connectivity index (χ3v) is 4.78. The van der Waals surface area contributed by atoms with Crippen LogP contribution in [0.25, 0.3) is 21.6 Å². The number of hydrogen-bond donors (Lipinski definition) is 1. The second-order valence-electron chi connectivity index (χ2n) is 5.77. The number of aromatic nitrogens is 3. The predicted molar refractivity (Wildman–Crippen MR) is 101 cm³/mol. The van der Waals surface area contributed by atoms with E-state index in [-0.39, 0.29) is 5.91 Å². The van der Waals surface area contributed by atoms with E-state index >= 15 is 0 Å². The van der Waals surface area contributed by atoms with Gasteiger partial charge in [-0.05, 0) is 30.0 Å². The Balaban J connectivity index is 1.33. The number of carbonyl (C=O) groups excluding carboxylic acids is 1. The van der Waals surface area contributed by atoms with E-state index in [0.717, 1.165) is 21.5 Å². The molecular weight excluding hydrogens is 348 g/mol. The van der Waals surface area contributed by atoms with E-state index in [4.69, 9.17) is 4.52 Å². The number of rotatable bonds is 6. The fourth-order valence-corrected chi connectivity index (χ4v) is 3.33. The van der Waals surface area contributed by atoms with E-state index in [2.05, 4.69) is 20.4 Å². The van der Waals surface area contributed by atoms with E-state index in [1.807, 2.05) is 47.8 Å². The molecule has 4 aromatic rings. The largest absolute Gasteiger partial charge is 0.339 e. The lowest BCUT2D eigenvalue weighted by Crippen LogP contribution is -2.12. The van der Waals surface area contributed by atoms with E-state index in [9.17, 15) is 4.79 Å². The monoisotopic (exact) mass is 364 g/mol. The van der Waals surface area contributed by atoms with Crippen molar-refractivity contribution in [2.24, 2.45) is 0 Å². The van der Waals surface area contributed by atoms with Crippen LogP contribution in [-0.2, 0) is 11.2 Å². The molecule has 3 heterocycles. The van der Waals surface area contributed by atoms with Gasteiger partial charge in [0.05, 0.1) is 16.1 Å². The van der Waals surface area contributed by atoms with Crippen LogP contribution in [0.1, 0.15) is 18.7 Å². The number of benzene rings is 1. The lowest BCUT2D eigenvalue weighted by Gasteiger charge is -2.07. The molecule has 0 aliphatic rings. The first-order valence-corrected chi connectivity index (χ1v) is 9.17. The van der Waals surface area contributed by atoms with Crippen LogP contribution in [0.4, 0.5) is 5.69 Å². The number of nitrogens with zero attached hydrogens (tertiary/aromatic N) is 3. The molecule has 3 aromatic heterocycles. The number of pyridine rings is 1. The first-order valence-electron chi connectivity index (χ1n) is 8.30. The molecule has 130 valence electrons. The molecular formula is C19H16N4O2S. The molecule has 7 heteroatoms. The molecule has 0 atom stereocenters. The second kappa shape index (κ2) is 7.45. The summed E-state index contributed by atoms with van der Waals surface area (Å²) >= 11 is 1.57. The van der Waals surface area contributed by atoms with E-state index in [1.54, 1.807) is 17.5 Å². The lowest BCUT2D eigenvalue weighted by molar-refractivity contribution is -0.116. The molecule has 0 saturated heterocycles. The lowest BCUT2D eigenvalue weighted by atomic mass is 10.2. The maximum Gasteiger partial charge on any atom is 0.226 e. The zero-order valence-corrected chi connectivity index (χ0v) is 14.7. The molecule has 0 fully saturated rings. The van der Waals surface area contributed by atoms with Crippen molar-refractivity contribution in [2.75, 3.05) is 5.32 Å². The van der Waals surface area contributed by atoms with Crippen molar-refractivity contribution in [3.8, 4) is 10.7 Å². The van der Waals surface area contributed by atoms with Gasteiger partial charge in [0.25, 0.3) is 0 Å². The molecule has 1 amide bonds. The summed E-state index contributed by atoms with van der Waals surface area (Å²) in [5.74, 6) is 1.09. The molecule has 1 N–H and O–H groups in total. The molecule has 0 spiro atoms. The van der Waals surface area contributed by atoms with Gasteiger partial charge in [-0.25, -0.2) is 0 Å². The Hall–Kier alpha value is -3.06. The molecule has 0 radical (unpaired) electrons. The highest BCUT2D eigenvalue weighted by Gasteiger charge is 2.11. The van der Waals surface area contributed by atoms with E-state index in [1.165, 1.54) is 0 Å². The standard InChI is InChI=1S/C19H16N4O2S/c24-16(21-14-7-1-5-13-6-3-11-20-18(13)14)9-2-10-17-22-19(23-25-17)15-8-4-12-26-15/h1,3-8,11-12H,2,9-10H2,(H,21,24). The minimum atomic E-state index is -0.0545. The Morgan fingerprint density at radius 2 is 2.08 bits per heavy atom. The highest BCUT2D eigenvalue weighted by Crippen LogP contribution is 2.22. The van der Waals surface area contributed by atoms with Crippen LogP contribution in [0.5, 0.6) is 0 Å². The number of fused-ring (bicyclic) bond motifs is 1. The fraction of sp³-hybridized carbons (Fsp3) is 0.158. The quantitative estimate of drug-likeness (QED) is 0.551. The SMILES string of the molecule is O=C(CCCc1nc(-c2cccs2)no1)Nc1cccc2cccnc12. The van der Waals surface area contributed by atoms with Gasteiger partial charge in [0, 0.05) is 24.4 Å². The van der Waals surface area contributed by atoms with Gasteiger partial charge < -0.3 is 9.84 Å². The first-order chi connectivity index (χ1) is 12.8. The summed E-state index contributed by atoms with van der Waals surface area (Å²) in [7, 11) is 0. The van der Waals surface area contributed by atoms with E-state index < -0.39 is 0 Å². The number of thiophene rings is 1. The van der Waals surface area contributed by atoms with Gasteiger partial charge in [-0.3, -0.25) is 9.78 Å². The minimum absolute atomic E-state index is 0.0545. The van der Waals surface area contributed by atoms with Gasteiger partial charge in [-0.1, -0.05) is 29.4 Å². The smallest absolute Gasteiger partial charge is 0.226 e. The zero-order valence-electron chi connectivity index (χ0n) is 13.9. The van der Waals surface area contributed by atoms with Crippen LogP contribution in [0.3, 0.4) is 0 Å². The Morgan fingerprint density at radius 1 is 1.15 bits per heavy atom. The average molecular weight is 364 g/mol. The number of hydrogen-bond acceptors (Lipinski definition) is 6. The molecule has 0 aliphatic carbocycles. The van der Waals surface area contributed by atoms with Gasteiger partial charge in [0.2, 0.25) is 17.6 Å². The summed E-state index contributed by atoms with van der Waals surface area (Å²) in [6.45, 7) is 0. The Morgan fingerprint density at radius 3 is 2.96 bits per heavy atom. The fourth-order valence-electron chi connectivity index (χ4n) is 2.68. The Bertz CT molecular complexity index is 1020. The van der Waals surface area contributed by atoms with Crippen molar-refractivity contribution in [3.05, 3.63) is 59.9 Å². The van der Waals surface area contributed by atoms with Gasteiger partial charge in [-0.2, -0.15) is 4.98 Å². The molecule has 0 unspecified atom stereocenters. The zero-order chi connectivity index (χ0) is 17.8. The van der Waals surface area contributed by atoms with Crippen LogP contribution in [-0.4, -0.2) is 21.0 Å². The van der Waals surface area contributed by atoms with Crippen molar-refractivity contribution >= 4 is 33.8 Å². The number of carbonyl (C=O) groups is 1. The molecule has 0 bridgehead atoms. The molecule has 4 rings (SSSR count). The van der Waals surface area contributed by atoms with Crippen LogP contribution < -0.4 is 5.32 Å². The van der Waals surface area contributed by atoms with Crippen molar-refractivity contribution in [3.63, 3.8) is 0 Å².